The van der Waals surface area contributed by atoms with Crippen LogP contribution in [0.2, 0.25) is 0 Å². The van der Waals surface area contributed by atoms with Crippen molar-refractivity contribution in [2.24, 2.45) is 0 Å². The van der Waals surface area contributed by atoms with Gasteiger partial charge in [0.1, 0.15) is 0 Å². The van der Waals surface area contributed by atoms with Crippen molar-refractivity contribution in [3.05, 3.63) is 0 Å². The van der Waals surface area contributed by atoms with Crippen LogP contribution >= 0.6 is 25.8 Å². The van der Waals surface area contributed by atoms with E-state index in [1.165, 1.54) is 0 Å². The third kappa shape index (κ3) is 13.6. The number of hydrogen-bond donors (Lipinski definition) is 0. The average molecular weight is 344 g/mol. The molecule has 0 bridgehead atoms. The molecular formula is C9H20Br2MgO2. The summed E-state index contributed by atoms with van der Waals surface area (Å²) in [6.07, 6.45) is 0.916. The van der Waals surface area contributed by atoms with Crippen LogP contribution in [0.25, 0.3) is 0 Å². The van der Waals surface area contributed by atoms with Crippen LogP contribution < -0.4 is 0 Å². The van der Waals surface area contributed by atoms with Gasteiger partial charge in [-0.3, -0.25) is 25.8 Å². The Bertz CT molecular complexity index is 123. The molecule has 0 aromatic carbocycles. The fourth-order valence-corrected chi connectivity index (χ4v) is 0.801. The summed E-state index contributed by atoms with van der Waals surface area (Å²) in [4.78, 5) is 0. The lowest BCUT2D eigenvalue weighted by Crippen LogP contribution is -2.29. The topological polar surface area (TPSA) is 18.5 Å². The van der Waals surface area contributed by atoms with Crippen molar-refractivity contribution < 1.29 is 9.47 Å². The third-order valence-electron chi connectivity index (χ3n) is 1.74. The summed E-state index contributed by atoms with van der Waals surface area (Å²) in [6, 6.07) is 0. The van der Waals surface area contributed by atoms with Gasteiger partial charge in [0, 0.05) is 6.61 Å². The van der Waals surface area contributed by atoms with Crippen molar-refractivity contribution in [3.63, 3.8) is 0 Å². The third-order valence-corrected chi connectivity index (χ3v) is 1.74. The van der Waals surface area contributed by atoms with Gasteiger partial charge in [0.05, 0.1) is 5.60 Å². The summed E-state index contributed by atoms with van der Waals surface area (Å²) in [5.41, 5.74) is -0.0609. The first kappa shape index (κ1) is 18.0. The molecule has 0 aliphatic rings. The lowest BCUT2D eigenvalue weighted by atomic mass is 10.1. The molecule has 0 saturated carbocycles. The van der Waals surface area contributed by atoms with Crippen molar-refractivity contribution >= 4 is 41.8 Å². The highest BCUT2D eigenvalue weighted by Crippen LogP contribution is 2.16. The largest absolute Gasteiger partial charge is 0.560 e. The fourth-order valence-electron chi connectivity index (χ4n) is 0.801. The molecule has 0 heterocycles. The monoisotopic (exact) mass is 342 g/mol. The Morgan fingerprint density at radius 3 is 2.00 bits per heavy atom. The normalized spacial score (nSPS) is 12.5. The molecule has 14 heavy (non-hydrogen) atoms. The van der Waals surface area contributed by atoms with Gasteiger partial charge in [-0.1, -0.05) is 6.92 Å². The van der Waals surface area contributed by atoms with Gasteiger partial charge in [-0.05, 0) is 34.1 Å². The standard InChI is InChI=1S/C9H20O2.2BrH.Mg/c1-6-9(4,5)11-8(3)10-7-2;;;/h8H,6-7H2,1-5H3;2*1H;/q;;;+2/p-2. The summed E-state index contributed by atoms with van der Waals surface area (Å²) in [7, 11) is 0. The van der Waals surface area contributed by atoms with E-state index in [4.69, 9.17) is 9.47 Å². The highest BCUT2D eigenvalue weighted by molar-refractivity contribution is 9.47. The summed E-state index contributed by atoms with van der Waals surface area (Å²) in [6.45, 7) is 10.9. The van der Waals surface area contributed by atoms with E-state index >= 15 is 0 Å². The fraction of sp³-hybridized carbons (Fsp3) is 1.00. The zero-order valence-corrected chi connectivity index (χ0v) is 14.4. The highest BCUT2D eigenvalue weighted by Gasteiger charge is 2.18. The van der Waals surface area contributed by atoms with Gasteiger partial charge in [-0.15, -0.1) is 0 Å². The maximum atomic E-state index is 5.61. The van der Waals surface area contributed by atoms with E-state index in [2.05, 4.69) is 46.5 Å². The van der Waals surface area contributed by atoms with Gasteiger partial charge in [0.25, 0.3) is 0 Å². The van der Waals surface area contributed by atoms with E-state index in [1.807, 2.05) is 13.8 Å². The van der Waals surface area contributed by atoms with Gasteiger partial charge < -0.3 is 9.47 Å². The summed E-state index contributed by atoms with van der Waals surface area (Å²) in [5.74, 6) is 0. The van der Waals surface area contributed by atoms with Crippen LogP contribution in [0, 0.1) is 0 Å². The van der Waals surface area contributed by atoms with Crippen molar-refractivity contribution in [1.29, 1.82) is 0 Å². The molecule has 0 saturated heterocycles. The second-order valence-corrected chi connectivity index (χ2v) is 11.4. The number of hydrogen-bond acceptors (Lipinski definition) is 2. The van der Waals surface area contributed by atoms with Crippen molar-refractivity contribution in [1.82, 2.24) is 0 Å². The van der Waals surface area contributed by atoms with Crippen molar-refractivity contribution in [2.45, 2.75) is 52.9 Å². The Morgan fingerprint density at radius 1 is 1.29 bits per heavy atom. The molecular weight excluding hydrogens is 324 g/mol. The lowest BCUT2D eigenvalue weighted by molar-refractivity contribution is -0.189. The Kier molecular flexibility index (Phi) is 14.3. The van der Waals surface area contributed by atoms with Crippen LogP contribution in [0.1, 0.15) is 41.0 Å². The van der Waals surface area contributed by atoms with Crippen molar-refractivity contribution in [3.8, 4) is 0 Å². The van der Waals surface area contributed by atoms with Gasteiger partial charge in [-0.2, -0.15) is 0 Å². The van der Waals surface area contributed by atoms with Crippen LogP contribution in [0.3, 0.4) is 0 Å². The minimum Gasteiger partial charge on any atom is -0.353 e. The second-order valence-electron chi connectivity index (χ2n) is 3.36. The lowest BCUT2D eigenvalue weighted by Gasteiger charge is -2.27. The highest BCUT2D eigenvalue weighted by atomic mass is 79.9. The van der Waals surface area contributed by atoms with Gasteiger partial charge in [-0.25, -0.2) is 0 Å². The molecule has 0 rings (SSSR count). The molecule has 1 atom stereocenters. The molecule has 0 amide bonds. The molecule has 5 heteroatoms. The Labute approximate surface area is 110 Å². The molecule has 0 aliphatic carbocycles. The number of halogens is 2. The first-order valence-corrected chi connectivity index (χ1v) is 12.6. The first-order chi connectivity index (χ1) is 6.43. The van der Waals surface area contributed by atoms with Crippen LogP contribution in [0.5, 0.6) is 0 Å². The maximum absolute atomic E-state index is 5.61. The molecule has 0 aromatic heterocycles. The van der Waals surface area contributed by atoms with E-state index in [1.54, 1.807) is 0 Å². The van der Waals surface area contributed by atoms with Crippen LogP contribution in [0.4, 0.5) is 0 Å². The van der Waals surface area contributed by atoms with E-state index in [0.29, 0.717) is 6.61 Å². The van der Waals surface area contributed by atoms with E-state index in [9.17, 15) is 0 Å². The Balaban J connectivity index is 0. The summed E-state index contributed by atoms with van der Waals surface area (Å²) < 4.78 is 10.9. The summed E-state index contributed by atoms with van der Waals surface area (Å²) >= 11 is 6.44. The predicted molar refractivity (Wildman–Crippen MR) is 70.2 cm³/mol. The van der Waals surface area contributed by atoms with Crippen LogP contribution in [-0.2, 0) is 9.47 Å². The van der Waals surface area contributed by atoms with Crippen LogP contribution in [0.15, 0.2) is 0 Å². The maximum Gasteiger partial charge on any atom is 0.560 e. The quantitative estimate of drug-likeness (QED) is 0.557. The van der Waals surface area contributed by atoms with Gasteiger partial charge in [0.15, 0.2) is 6.29 Å². The number of ether oxygens (including phenoxy) is 2. The molecule has 2 nitrogen and oxygen atoms in total. The molecule has 0 spiro atoms. The molecule has 1 unspecified atom stereocenters. The van der Waals surface area contributed by atoms with Crippen molar-refractivity contribution in [2.75, 3.05) is 6.61 Å². The molecule has 84 valence electrons. The molecule has 0 radical (unpaired) electrons. The minimum absolute atomic E-state index is 0.0417. The molecule has 0 aromatic rings. The molecule has 0 aliphatic heterocycles. The van der Waals surface area contributed by atoms with E-state index in [-0.39, 0.29) is 27.9 Å². The summed E-state index contributed by atoms with van der Waals surface area (Å²) in [5, 5.41) is 0. The average Bonchev–Trinajstić information content (AvgIpc) is 2.05. The van der Waals surface area contributed by atoms with E-state index < -0.39 is 0 Å². The first-order valence-electron chi connectivity index (χ1n) is 4.84. The SMILES string of the molecule is CCOC(C)OC(C)(C)CC.[Br][Mg][Br]. The minimum atomic E-state index is -0.0880. The van der Waals surface area contributed by atoms with Gasteiger partial charge in [0.2, 0.25) is 0 Å². The van der Waals surface area contributed by atoms with Crippen LogP contribution in [-0.4, -0.2) is 34.5 Å². The number of rotatable bonds is 5. The Morgan fingerprint density at radius 2 is 1.71 bits per heavy atom. The zero-order chi connectivity index (χ0) is 11.6. The zero-order valence-electron chi connectivity index (χ0n) is 9.77. The molecule has 0 fully saturated rings. The predicted octanol–water partition coefficient (Wildman–Crippen LogP) is 3.88. The van der Waals surface area contributed by atoms with E-state index in [0.717, 1.165) is 6.42 Å². The van der Waals surface area contributed by atoms with Gasteiger partial charge >= 0.3 is 16.0 Å². The Hall–Kier alpha value is 1.65. The molecule has 0 N–H and O–H groups in total. The smallest absolute Gasteiger partial charge is 0.353 e. The second kappa shape index (κ2) is 11.1.